The molecule has 0 aliphatic heterocycles. The highest BCUT2D eigenvalue weighted by Gasteiger charge is 1.98. The third-order valence-corrected chi connectivity index (χ3v) is 2.00. The quantitative estimate of drug-likeness (QED) is 0.488. The van der Waals surface area contributed by atoms with Crippen LogP contribution in [0, 0.1) is 0 Å². The standard InChI is InChI=1S/C11H10/c1-2-6-10-8-4-5-9-11(10)7-3-1/h2-5,8-9H,6-7H2. The molecule has 0 saturated heterocycles. The largest absolute Gasteiger partial charge is 0.129 e. The lowest BCUT2D eigenvalue weighted by atomic mass is 10.0. The molecule has 0 saturated carbocycles. The highest BCUT2D eigenvalue weighted by Crippen LogP contribution is 2.12. The Morgan fingerprint density at radius 3 is 2.00 bits per heavy atom. The third kappa shape index (κ3) is 1.26. The van der Waals surface area contributed by atoms with Crippen molar-refractivity contribution in [3.63, 3.8) is 0 Å². The van der Waals surface area contributed by atoms with E-state index in [1.165, 1.54) is 11.1 Å². The van der Waals surface area contributed by atoms with Crippen molar-refractivity contribution in [2.75, 3.05) is 0 Å². The molecule has 0 spiro atoms. The van der Waals surface area contributed by atoms with Crippen LogP contribution in [0.4, 0.5) is 0 Å². The fourth-order valence-electron chi connectivity index (χ4n) is 1.38. The number of allylic oxidation sites excluding steroid dienone is 1. The minimum atomic E-state index is 1.03. The van der Waals surface area contributed by atoms with Crippen LogP contribution in [0.15, 0.2) is 42.1 Å². The molecule has 0 nitrogen and oxygen atoms in total. The zero-order valence-electron chi connectivity index (χ0n) is 6.38. The number of fused-ring (bicyclic) bond motifs is 1. The maximum Gasteiger partial charge on any atom is -0.00185 e. The van der Waals surface area contributed by atoms with E-state index >= 15 is 0 Å². The maximum atomic E-state index is 3.14. The van der Waals surface area contributed by atoms with Gasteiger partial charge in [0.1, 0.15) is 0 Å². The van der Waals surface area contributed by atoms with Crippen molar-refractivity contribution in [1.29, 1.82) is 0 Å². The summed E-state index contributed by atoms with van der Waals surface area (Å²) in [6, 6.07) is 8.56. The lowest BCUT2D eigenvalue weighted by Gasteiger charge is -2.01. The molecule has 1 aromatic rings. The Labute approximate surface area is 66.9 Å². The molecule has 0 aromatic heterocycles. The number of benzene rings is 1. The molecule has 0 N–H and O–H groups in total. The van der Waals surface area contributed by atoms with Gasteiger partial charge in [-0.15, -0.1) is 5.73 Å². The fourth-order valence-corrected chi connectivity index (χ4v) is 1.38. The second kappa shape index (κ2) is 2.77. The van der Waals surface area contributed by atoms with Gasteiger partial charge in [-0.25, -0.2) is 0 Å². The van der Waals surface area contributed by atoms with E-state index in [4.69, 9.17) is 0 Å². The van der Waals surface area contributed by atoms with Crippen LogP contribution in [0.3, 0.4) is 0 Å². The summed E-state index contributed by atoms with van der Waals surface area (Å²) >= 11 is 0. The van der Waals surface area contributed by atoms with E-state index in [0.717, 1.165) is 12.8 Å². The Balaban J connectivity index is 2.47. The Kier molecular flexibility index (Phi) is 1.63. The van der Waals surface area contributed by atoms with Crippen molar-refractivity contribution in [2.24, 2.45) is 0 Å². The van der Waals surface area contributed by atoms with Gasteiger partial charge in [-0.05, 0) is 36.1 Å². The van der Waals surface area contributed by atoms with Crippen molar-refractivity contribution in [3.05, 3.63) is 53.3 Å². The van der Waals surface area contributed by atoms with E-state index in [0.29, 0.717) is 0 Å². The Morgan fingerprint density at radius 1 is 0.909 bits per heavy atom. The van der Waals surface area contributed by atoms with Crippen LogP contribution in [0.5, 0.6) is 0 Å². The van der Waals surface area contributed by atoms with Gasteiger partial charge in [-0.2, -0.15) is 0 Å². The SMILES string of the molecule is C1=CCc2ccccc2CC=1. The number of hydrogen-bond donors (Lipinski definition) is 0. The van der Waals surface area contributed by atoms with E-state index in [-0.39, 0.29) is 0 Å². The fraction of sp³-hybridized carbons (Fsp3) is 0.182. The zero-order chi connectivity index (χ0) is 7.52. The van der Waals surface area contributed by atoms with Crippen molar-refractivity contribution in [2.45, 2.75) is 12.8 Å². The maximum absolute atomic E-state index is 3.14. The average molecular weight is 142 g/mol. The van der Waals surface area contributed by atoms with E-state index in [9.17, 15) is 0 Å². The number of hydrogen-bond acceptors (Lipinski definition) is 0. The summed E-state index contributed by atoms with van der Waals surface area (Å²) in [5, 5.41) is 0. The Bertz CT molecular complexity index is 286. The molecule has 11 heavy (non-hydrogen) atoms. The highest BCUT2D eigenvalue weighted by atomic mass is 14.0. The van der Waals surface area contributed by atoms with E-state index < -0.39 is 0 Å². The molecule has 0 unspecified atom stereocenters. The smallest absolute Gasteiger partial charge is 0.00185 e. The first-order valence-corrected chi connectivity index (χ1v) is 3.93. The van der Waals surface area contributed by atoms with Crippen LogP contribution in [0.25, 0.3) is 0 Å². The monoisotopic (exact) mass is 142 g/mol. The van der Waals surface area contributed by atoms with Crippen molar-refractivity contribution >= 4 is 0 Å². The first kappa shape index (κ1) is 6.45. The summed E-state index contributed by atoms with van der Waals surface area (Å²) in [6.45, 7) is 0. The zero-order valence-corrected chi connectivity index (χ0v) is 6.38. The topological polar surface area (TPSA) is 0 Å². The molecule has 0 heterocycles. The molecule has 0 heteroatoms. The van der Waals surface area contributed by atoms with Gasteiger partial charge in [-0.1, -0.05) is 24.3 Å². The molecule has 0 fully saturated rings. The van der Waals surface area contributed by atoms with Crippen LogP contribution < -0.4 is 0 Å². The Hall–Kier alpha value is -1.26. The summed E-state index contributed by atoms with van der Waals surface area (Å²) in [7, 11) is 0. The molecule has 1 aromatic carbocycles. The summed E-state index contributed by atoms with van der Waals surface area (Å²) in [6.07, 6.45) is 6.25. The van der Waals surface area contributed by atoms with Crippen LogP contribution in [0.2, 0.25) is 0 Å². The van der Waals surface area contributed by atoms with Gasteiger partial charge < -0.3 is 0 Å². The first-order valence-electron chi connectivity index (χ1n) is 3.93. The second-order valence-electron chi connectivity index (χ2n) is 2.75. The molecule has 1 aliphatic rings. The van der Waals surface area contributed by atoms with Gasteiger partial charge in [0.2, 0.25) is 0 Å². The van der Waals surface area contributed by atoms with Crippen molar-refractivity contribution in [3.8, 4) is 0 Å². The van der Waals surface area contributed by atoms with Gasteiger partial charge in [0.25, 0.3) is 0 Å². The van der Waals surface area contributed by atoms with E-state index in [1.54, 1.807) is 0 Å². The lowest BCUT2D eigenvalue weighted by Crippen LogP contribution is -1.88. The normalized spacial score (nSPS) is 14.2. The van der Waals surface area contributed by atoms with Gasteiger partial charge in [0, 0.05) is 0 Å². The van der Waals surface area contributed by atoms with Crippen LogP contribution in [0.1, 0.15) is 11.1 Å². The van der Waals surface area contributed by atoms with Crippen LogP contribution in [-0.4, -0.2) is 0 Å². The number of rotatable bonds is 0. The first-order chi connectivity index (χ1) is 5.47. The third-order valence-electron chi connectivity index (χ3n) is 2.00. The molecule has 0 bridgehead atoms. The molecule has 0 atom stereocenters. The molecular weight excluding hydrogens is 132 g/mol. The predicted octanol–water partition coefficient (Wildman–Crippen LogP) is 2.50. The summed E-state index contributed by atoms with van der Waals surface area (Å²) < 4.78 is 0. The van der Waals surface area contributed by atoms with Gasteiger partial charge in [0.05, 0.1) is 0 Å². The molecule has 0 amide bonds. The highest BCUT2D eigenvalue weighted by molar-refractivity contribution is 5.31. The van der Waals surface area contributed by atoms with E-state index in [2.05, 4.69) is 42.1 Å². The molecular formula is C11H10. The van der Waals surface area contributed by atoms with Gasteiger partial charge in [0.15, 0.2) is 0 Å². The molecule has 2 rings (SSSR count). The lowest BCUT2D eigenvalue weighted by molar-refractivity contribution is 1.17. The van der Waals surface area contributed by atoms with Crippen molar-refractivity contribution in [1.82, 2.24) is 0 Å². The van der Waals surface area contributed by atoms with Crippen LogP contribution >= 0.6 is 0 Å². The molecule has 54 valence electrons. The molecule has 1 aliphatic carbocycles. The molecule has 0 radical (unpaired) electrons. The summed E-state index contributed by atoms with van der Waals surface area (Å²) in [5.41, 5.74) is 6.02. The van der Waals surface area contributed by atoms with Crippen LogP contribution in [-0.2, 0) is 12.8 Å². The summed E-state index contributed by atoms with van der Waals surface area (Å²) in [5.74, 6) is 0. The second-order valence-corrected chi connectivity index (χ2v) is 2.75. The predicted molar refractivity (Wildman–Crippen MR) is 46.5 cm³/mol. The average Bonchev–Trinajstić information content (AvgIpc) is 2.28. The van der Waals surface area contributed by atoms with Gasteiger partial charge >= 0.3 is 0 Å². The minimum absolute atomic E-state index is 1.03. The Morgan fingerprint density at radius 2 is 1.45 bits per heavy atom. The van der Waals surface area contributed by atoms with Gasteiger partial charge in [-0.3, -0.25) is 0 Å². The van der Waals surface area contributed by atoms with Crippen molar-refractivity contribution < 1.29 is 0 Å². The van der Waals surface area contributed by atoms with E-state index in [1.807, 2.05) is 0 Å². The summed E-state index contributed by atoms with van der Waals surface area (Å²) in [4.78, 5) is 0. The minimum Gasteiger partial charge on any atom is -0.129 e.